The fourth-order valence-corrected chi connectivity index (χ4v) is 4.53. The smallest absolute Gasteiger partial charge is 0.303 e. The third kappa shape index (κ3) is 3.07. The van der Waals surface area contributed by atoms with E-state index in [1.165, 1.54) is 13.8 Å². The molecular weight excluding hydrogens is 378 g/mol. The van der Waals surface area contributed by atoms with Gasteiger partial charge in [-0.2, -0.15) is 0 Å². The van der Waals surface area contributed by atoms with E-state index in [9.17, 15) is 9.59 Å². The summed E-state index contributed by atoms with van der Waals surface area (Å²) in [5.74, 6) is -0.778. The molecule has 0 aliphatic heterocycles. The number of carbonyl (C=O) groups is 2. The lowest BCUT2D eigenvalue weighted by atomic mass is 9.85. The molecule has 0 bridgehead atoms. The standard InChI is InChI=1S/C25H21NO4/c1-14(27)29-22-12-11-20-21(25(22)30-15(2)28)10-9-18-13-17-8-7-16-5-3-4-6-19(16)23(17)26-24(18)20/h3-10,13,22,25H,11-12H2,1-2H3/t22-,25-/m0/s1. The number of fused-ring (bicyclic) bond motifs is 6. The molecule has 0 spiro atoms. The largest absolute Gasteiger partial charge is 0.458 e. The molecule has 2 atom stereocenters. The molecule has 5 heteroatoms. The van der Waals surface area contributed by atoms with Gasteiger partial charge in [-0.1, -0.05) is 48.5 Å². The van der Waals surface area contributed by atoms with Crippen molar-refractivity contribution >= 4 is 44.5 Å². The van der Waals surface area contributed by atoms with Gasteiger partial charge >= 0.3 is 11.9 Å². The van der Waals surface area contributed by atoms with E-state index in [2.05, 4.69) is 30.3 Å². The van der Waals surface area contributed by atoms with E-state index in [-0.39, 0.29) is 5.97 Å². The zero-order valence-corrected chi connectivity index (χ0v) is 16.8. The first-order valence-corrected chi connectivity index (χ1v) is 10.1. The number of hydrogen-bond donors (Lipinski definition) is 0. The summed E-state index contributed by atoms with van der Waals surface area (Å²) in [6, 6.07) is 18.6. The van der Waals surface area contributed by atoms with Crippen molar-refractivity contribution < 1.29 is 19.1 Å². The van der Waals surface area contributed by atoms with Gasteiger partial charge in [-0.05, 0) is 29.9 Å². The van der Waals surface area contributed by atoms with Gasteiger partial charge in [-0.25, -0.2) is 4.98 Å². The summed E-state index contributed by atoms with van der Waals surface area (Å²) in [7, 11) is 0. The molecule has 0 saturated heterocycles. The van der Waals surface area contributed by atoms with Crippen LogP contribution in [0.2, 0.25) is 0 Å². The van der Waals surface area contributed by atoms with Gasteiger partial charge in [0.1, 0.15) is 6.10 Å². The monoisotopic (exact) mass is 399 g/mol. The Balaban J connectivity index is 1.73. The minimum Gasteiger partial charge on any atom is -0.458 e. The molecule has 5 nitrogen and oxygen atoms in total. The van der Waals surface area contributed by atoms with Crippen LogP contribution in [0.15, 0.2) is 54.6 Å². The van der Waals surface area contributed by atoms with E-state index in [1.807, 2.05) is 24.3 Å². The number of rotatable bonds is 2. The molecular formula is C25H21NO4. The molecule has 1 heterocycles. The predicted molar refractivity (Wildman–Crippen MR) is 115 cm³/mol. The first-order chi connectivity index (χ1) is 14.5. The summed E-state index contributed by atoms with van der Waals surface area (Å²) in [6.07, 6.45) is 0.173. The van der Waals surface area contributed by atoms with E-state index in [0.717, 1.165) is 43.7 Å². The lowest BCUT2D eigenvalue weighted by molar-refractivity contribution is -0.167. The van der Waals surface area contributed by atoms with E-state index in [1.54, 1.807) is 0 Å². The van der Waals surface area contributed by atoms with Crippen LogP contribution < -0.4 is 0 Å². The van der Waals surface area contributed by atoms with Crippen LogP contribution in [0, 0.1) is 0 Å². The maximum absolute atomic E-state index is 11.8. The number of pyridine rings is 1. The zero-order valence-electron chi connectivity index (χ0n) is 16.8. The number of hydrogen-bond acceptors (Lipinski definition) is 5. The first-order valence-electron chi connectivity index (χ1n) is 10.1. The number of carbonyl (C=O) groups excluding carboxylic acids is 2. The summed E-state index contributed by atoms with van der Waals surface area (Å²) in [6.45, 7) is 2.75. The van der Waals surface area contributed by atoms with Crippen LogP contribution in [-0.2, 0) is 25.5 Å². The average Bonchev–Trinajstić information content (AvgIpc) is 2.73. The summed E-state index contributed by atoms with van der Waals surface area (Å²) in [5.41, 5.74) is 3.79. The number of esters is 2. The van der Waals surface area contributed by atoms with Crippen molar-refractivity contribution in [3.05, 3.63) is 65.7 Å². The fraction of sp³-hybridized carbons (Fsp3) is 0.240. The molecule has 1 aliphatic carbocycles. The van der Waals surface area contributed by atoms with Crippen molar-refractivity contribution in [3.8, 4) is 0 Å². The average molecular weight is 399 g/mol. The van der Waals surface area contributed by atoms with Gasteiger partial charge in [0.05, 0.1) is 11.0 Å². The van der Waals surface area contributed by atoms with Gasteiger partial charge < -0.3 is 9.47 Å². The van der Waals surface area contributed by atoms with E-state index < -0.39 is 18.2 Å². The third-order valence-corrected chi connectivity index (χ3v) is 5.75. The molecule has 4 aromatic rings. The molecule has 1 aliphatic rings. The first kappa shape index (κ1) is 18.6. The van der Waals surface area contributed by atoms with Crippen molar-refractivity contribution in [2.45, 2.75) is 38.9 Å². The predicted octanol–water partition coefficient (Wildman–Crippen LogP) is 5.02. The molecule has 0 saturated carbocycles. The van der Waals surface area contributed by atoms with Crippen molar-refractivity contribution in [2.24, 2.45) is 0 Å². The molecule has 0 radical (unpaired) electrons. The van der Waals surface area contributed by atoms with Crippen LogP contribution in [0.4, 0.5) is 0 Å². The Labute approximate surface area is 173 Å². The molecule has 0 N–H and O–H groups in total. The SMILES string of the molecule is CC(=O)O[C@H]1CCc2c(ccc3cc4ccc5ccccc5c4nc23)[C@@H]1OC(C)=O. The Hall–Kier alpha value is -3.47. The van der Waals surface area contributed by atoms with Crippen molar-refractivity contribution in [2.75, 3.05) is 0 Å². The Morgan fingerprint density at radius 3 is 2.37 bits per heavy atom. The highest BCUT2D eigenvalue weighted by atomic mass is 16.6. The number of nitrogens with zero attached hydrogens (tertiary/aromatic N) is 1. The molecule has 5 rings (SSSR count). The number of benzene rings is 3. The van der Waals surface area contributed by atoms with Gasteiger partial charge in [0.2, 0.25) is 0 Å². The van der Waals surface area contributed by atoms with Crippen molar-refractivity contribution in [1.29, 1.82) is 0 Å². The van der Waals surface area contributed by atoms with E-state index >= 15 is 0 Å². The van der Waals surface area contributed by atoms with E-state index in [4.69, 9.17) is 14.5 Å². The molecule has 0 fully saturated rings. The Kier molecular flexibility index (Phi) is 4.39. The van der Waals surface area contributed by atoms with Gasteiger partial charge in [0.15, 0.2) is 6.10 Å². The van der Waals surface area contributed by atoms with Crippen LogP contribution >= 0.6 is 0 Å². The van der Waals surface area contributed by atoms with Gasteiger partial charge in [0.25, 0.3) is 0 Å². The molecule has 0 unspecified atom stereocenters. The molecule has 1 aromatic heterocycles. The second-order valence-corrected chi connectivity index (χ2v) is 7.77. The third-order valence-electron chi connectivity index (χ3n) is 5.75. The van der Waals surface area contributed by atoms with Gasteiger partial charge in [-0.15, -0.1) is 0 Å². The topological polar surface area (TPSA) is 65.5 Å². The number of aryl methyl sites for hydroxylation is 1. The maximum atomic E-state index is 11.8. The van der Waals surface area contributed by atoms with E-state index in [0.29, 0.717) is 12.8 Å². The summed E-state index contributed by atoms with van der Waals surface area (Å²) in [5, 5.41) is 4.39. The summed E-state index contributed by atoms with van der Waals surface area (Å²) >= 11 is 0. The van der Waals surface area contributed by atoms with Crippen molar-refractivity contribution in [1.82, 2.24) is 4.98 Å². The van der Waals surface area contributed by atoms with Crippen LogP contribution in [0.1, 0.15) is 37.5 Å². The van der Waals surface area contributed by atoms with Crippen LogP contribution in [0.3, 0.4) is 0 Å². The van der Waals surface area contributed by atoms with Gasteiger partial charge in [0, 0.05) is 35.6 Å². The highest BCUT2D eigenvalue weighted by Gasteiger charge is 2.35. The normalized spacial score (nSPS) is 18.3. The van der Waals surface area contributed by atoms with Crippen LogP contribution in [0.5, 0.6) is 0 Å². The van der Waals surface area contributed by atoms with Crippen LogP contribution in [-0.4, -0.2) is 23.0 Å². The quantitative estimate of drug-likeness (QED) is 0.269. The summed E-state index contributed by atoms with van der Waals surface area (Å²) in [4.78, 5) is 28.4. The second-order valence-electron chi connectivity index (χ2n) is 7.77. The molecule has 150 valence electrons. The molecule has 3 aromatic carbocycles. The highest BCUT2D eigenvalue weighted by molar-refractivity contribution is 6.08. The lowest BCUT2D eigenvalue weighted by Crippen LogP contribution is -2.32. The number of aromatic nitrogens is 1. The Morgan fingerprint density at radius 2 is 1.57 bits per heavy atom. The second kappa shape index (κ2) is 7.10. The molecule has 0 amide bonds. The van der Waals surface area contributed by atoms with Crippen LogP contribution in [0.25, 0.3) is 32.6 Å². The van der Waals surface area contributed by atoms with Gasteiger partial charge in [-0.3, -0.25) is 9.59 Å². The Morgan fingerprint density at radius 1 is 0.867 bits per heavy atom. The minimum atomic E-state index is -0.621. The van der Waals surface area contributed by atoms with Crippen molar-refractivity contribution in [3.63, 3.8) is 0 Å². The number of ether oxygens (including phenoxy) is 2. The maximum Gasteiger partial charge on any atom is 0.303 e. The molecule has 30 heavy (non-hydrogen) atoms. The Bertz CT molecular complexity index is 1330. The lowest BCUT2D eigenvalue weighted by Gasteiger charge is -2.32. The zero-order chi connectivity index (χ0) is 20.8. The highest BCUT2D eigenvalue weighted by Crippen LogP contribution is 2.39. The summed E-state index contributed by atoms with van der Waals surface area (Å²) < 4.78 is 11.1. The fourth-order valence-electron chi connectivity index (χ4n) is 4.53. The minimum absolute atomic E-state index is 0.378.